The third kappa shape index (κ3) is 4.07. The van der Waals surface area contributed by atoms with E-state index in [9.17, 15) is 0 Å². The molecule has 0 saturated carbocycles. The molecule has 0 spiro atoms. The van der Waals surface area contributed by atoms with Crippen LogP contribution < -0.4 is 5.32 Å². The molecule has 1 atom stereocenters. The average Bonchev–Trinajstić information content (AvgIpc) is 2.75. The summed E-state index contributed by atoms with van der Waals surface area (Å²) in [5, 5.41) is 3.68. The Bertz CT molecular complexity index is 403. The van der Waals surface area contributed by atoms with Crippen molar-refractivity contribution in [3.05, 3.63) is 22.6 Å². The first-order chi connectivity index (χ1) is 8.86. The van der Waals surface area contributed by atoms with Gasteiger partial charge in [0.1, 0.15) is 5.76 Å². The van der Waals surface area contributed by atoms with E-state index in [2.05, 4.69) is 53.8 Å². The molecule has 0 aliphatic carbocycles. The highest BCUT2D eigenvalue weighted by Crippen LogP contribution is 2.24. The molecule has 1 N–H and O–H groups in total. The Morgan fingerprint density at radius 3 is 2.42 bits per heavy atom. The number of halogens is 1. The second-order valence-electron chi connectivity index (χ2n) is 6.46. The van der Waals surface area contributed by atoms with Gasteiger partial charge in [0.2, 0.25) is 0 Å². The van der Waals surface area contributed by atoms with E-state index < -0.39 is 0 Å². The zero-order chi connectivity index (χ0) is 14.0. The molecule has 2 heterocycles. The van der Waals surface area contributed by atoms with Gasteiger partial charge >= 0.3 is 0 Å². The molecule has 3 nitrogen and oxygen atoms in total. The Morgan fingerprint density at radius 1 is 1.32 bits per heavy atom. The molecular formula is C15H25BrN2O. The summed E-state index contributed by atoms with van der Waals surface area (Å²) in [5.74, 6) is 1.00. The van der Waals surface area contributed by atoms with Gasteiger partial charge in [0.05, 0.1) is 6.04 Å². The molecule has 2 rings (SSSR count). The molecule has 1 aromatic heterocycles. The predicted octanol–water partition coefficient (Wildman–Crippen LogP) is 3.96. The molecule has 1 saturated heterocycles. The molecule has 0 bridgehead atoms. The fraction of sp³-hybridized carbons (Fsp3) is 0.733. The topological polar surface area (TPSA) is 28.4 Å². The summed E-state index contributed by atoms with van der Waals surface area (Å²) in [6.07, 6.45) is 2.42. The van der Waals surface area contributed by atoms with Crippen LogP contribution >= 0.6 is 15.9 Å². The van der Waals surface area contributed by atoms with E-state index >= 15 is 0 Å². The lowest BCUT2D eigenvalue weighted by Gasteiger charge is -2.41. The fourth-order valence-electron chi connectivity index (χ4n) is 2.71. The van der Waals surface area contributed by atoms with Gasteiger partial charge in [0.25, 0.3) is 0 Å². The first-order valence-electron chi connectivity index (χ1n) is 7.12. The Morgan fingerprint density at radius 2 is 1.95 bits per heavy atom. The Balaban J connectivity index is 1.82. The number of furan rings is 1. The van der Waals surface area contributed by atoms with Gasteiger partial charge in [-0.05, 0) is 68.6 Å². The lowest BCUT2D eigenvalue weighted by molar-refractivity contribution is 0.0935. The molecule has 1 aliphatic rings. The first kappa shape index (κ1) is 15.1. The zero-order valence-corrected chi connectivity index (χ0v) is 14.0. The molecule has 0 aromatic carbocycles. The second kappa shape index (κ2) is 5.98. The third-order valence-electron chi connectivity index (χ3n) is 3.95. The van der Waals surface area contributed by atoms with E-state index in [1.807, 2.05) is 12.1 Å². The van der Waals surface area contributed by atoms with Crippen molar-refractivity contribution < 1.29 is 4.42 Å². The molecule has 1 fully saturated rings. The van der Waals surface area contributed by atoms with Crippen molar-refractivity contribution >= 4 is 15.9 Å². The Labute approximate surface area is 124 Å². The highest BCUT2D eigenvalue weighted by atomic mass is 79.9. The van der Waals surface area contributed by atoms with Crippen molar-refractivity contribution in [1.29, 1.82) is 0 Å². The van der Waals surface area contributed by atoms with E-state index in [4.69, 9.17) is 4.42 Å². The SMILES string of the molecule is CC(NC1CCN(C(C)(C)C)CC1)c1ccc(Br)o1. The minimum absolute atomic E-state index is 0.275. The minimum atomic E-state index is 0.275. The summed E-state index contributed by atoms with van der Waals surface area (Å²) in [7, 11) is 0. The molecule has 0 amide bonds. The van der Waals surface area contributed by atoms with E-state index in [1.165, 1.54) is 25.9 Å². The van der Waals surface area contributed by atoms with E-state index in [-0.39, 0.29) is 6.04 Å². The van der Waals surface area contributed by atoms with Crippen molar-refractivity contribution in [2.75, 3.05) is 13.1 Å². The Kier molecular flexibility index (Phi) is 4.75. The molecule has 4 heteroatoms. The Hall–Kier alpha value is -0.320. The smallest absolute Gasteiger partial charge is 0.169 e. The van der Waals surface area contributed by atoms with Crippen LogP contribution in [0.3, 0.4) is 0 Å². The molecule has 1 aromatic rings. The van der Waals surface area contributed by atoms with Crippen LogP contribution in [0.2, 0.25) is 0 Å². The van der Waals surface area contributed by atoms with E-state index in [1.54, 1.807) is 0 Å². The molecule has 1 unspecified atom stereocenters. The highest BCUT2D eigenvalue weighted by molar-refractivity contribution is 9.10. The lowest BCUT2D eigenvalue weighted by atomic mass is 9.97. The van der Waals surface area contributed by atoms with Crippen LogP contribution in [0, 0.1) is 0 Å². The number of hydrogen-bond donors (Lipinski definition) is 1. The second-order valence-corrected chi connectivity index (χ2v) is 7.24. The van der Waals surface area contributed by atoms with Crippen molar-refractivity contribution in [1.82, 2.24) is 10.2 Å². The maximum Gasteiger partial charge on any atom is 0.169 e. The van der Waals surface area contributed by atoms with Gasteiger partial charge in [-0.3, -0.25) is 4.90 Å². The van der Waals surface area contributed by atoms with Crippen molar-refractivity contribution in [3.63, 3.8) is 0 Å². The fourth-order valence-corrected chi connectivity index (χ4v) is 3.03. The van der Waals surface area contributed by atoms with Crippen LogP contribution in [0.25, 0.3) is 0 Å². The maximum absolute atomic E-state index is 5.61. The number of rotatable bonds is 3. The van der Waals surface area contributed by atoms with E-state index in [0.29, 0.717) is 11.6 Å². The lowest BCUT2D eigenvalue weighted by Crippen LogP contribution is -2.50. The average molecular weight is 329 g/mol. The quantitative estimate of drug-likeness (QED) is 0.910. The van der Waals surface area contributed by atoms with Gasteiger partial charge in [-0.25, -0.2) is 0 Å². The summed E-state index contributed by atoms with van der Waals surface area (Å²) in [4.78, 5) is 2.57. The van der Waals surface area contributed by atoms with Crippen molar-refractivity contribution in [2.45, 2.75) is 58.2 Å². The highest BCUT2D eigenvalue weighted by Gasteiger charge is 2.27. The molecule has 0 radical (unpaired) electrons. The predicted molar refractivity (Wildman–Crippen MR) is 82.3 cm³/mol. The van der Waals surface area contributed by atoms with Crippen LogP contribution in [-0.4, -0.2) is 29.6 Å². The summed E-state index contributed by atoms with van der Waals surface area (Å²) >= 11 is 3.35. The number of nitrogens with zero attached hydrogens (tertiary/aromatic N) is 1. The van der Waals surface area contributed by atoms with Crippen LogP contribution in [0.15, 0.2) is 21.2 Å². The third-order valence-corrected chi connectivity index (χ3v) is 4.38. The van der Waals surface area contributed by atoms with Crippen molar-refractivity contribution in [2.24, 2.45) is 0 Å². The summed E-state index contributed by atoms with van der Waals surface area (Å²) < 4.78 is 6.41. The summed E-state index contributed by atoms with van der Waals surface area (Å²) in [5.41, 5.74) is 0.294. The van der Waals surface area contributed by atoms with Crippen LogP contribution in [-0.2, 0) is 0 Å². The zero-order valence-electron chi connectivity index (χ0n) is 12.4. The van der Waals surface area contributed by atoms with Crippen molar-refractivity contribution in [3.8, 4) is 0 Å². The number of nitrogens with one attached hydrogen (secondary N) is 1. The van der Waals surface area contributed by atoms with Crippen LogP contribution in [0.5, 0.6) is 0 Å². The molecule has 1 aliphatic heterocycles. The van der Waals surface area contributed by atoms with Gasteiger partial charge in [-0.15, -0.1) is 0 Å². The summed E-state index contributed by atoms with van der Waals surface area (Å²) in [6, 6.07) is 4.86. The van der Waals surface area contributed by atoms with Crippen LogP contribution in [0.1, 0.15) is 52.3 Å². The standard InChI is InChI=1S/C15H25BrN2O/c1-11(13-5-6-14(16)19-13)17-12-7-9-18(10-8-12)15(2,3)4/h5-6,11-12,17H,7-10H2,1-4H3. The van der Waals surface area contributed by atoms with Gasteiger partial charge in [0, 0.05) is 24.7 Å². The molecule has 108 valence electrons. The largest absolute Gasteiger partial charge is 0.453 e. The van der Waals surface area contributed by atoms with Gasteiger partial charge in [0.15, 0.2) is 4.67 Å². The van der Waals surface area contributed by atoms with Gasteiger partial charge in [-0.1, -0.05) is 0 Å². The summed E-state index contributed by atoms with van der Waals surface area (Å²) in [6.45, 7) is 11.4. The first-order valence-corrected chi connectivity index (χ1v) is 7.92. The number of hydrogen-bond acceptors (Lipinski definition) is 3. The van der Waals surface area contributed by atoms with E-state index in [0.717, 1.165) is 10.4 Å². The number of likely N-dealkylation sites (tertiary alicyclic amines) is 1. The monoisotopic (exact) mass is 328 g/mol. The van der Waals surface area contributed by atoms with Crippen LogP contribution in [0.4, 0.5) is 0 Å². The molecule has 19 heavy (non-hydrogen) atoms. The minimum Gasteiger partial charge on any atom is -0.453 e. The normalized spacial score (nSPS) is 20.7. The maximum atomic E-state index is 5.61. The van der Waals surface area contributed by atoms with Gasteiger partial charge < -0.3 is 9.73 Å². The van der Waals surface area contributed by atoms with Gasteiger partial charge in [-0.2, -0.15) is 0 Å². The molecular weight excluding hydrogens is 304 g/mol. The number of piperidine rings is 1.